The minimum Gasteiger partial charge on any atom is -0.497 e. The van der Waals surface area contributed by atoms with Crippen LogP contribution in [0.5, 0.6) is 23.0 Å². The Bertz CT molecular complexity index is 1530. The van der Waals surface area contributed by atoms with Gasteiger partial charge >= 0.3 is 11.9 Å². The Kier molecular flexibility index (Phi) is 8.34. The number of H-pyrrole nitrogens is 1. The van der Waals surface area contributed by atoms with Crippen molar-refractivity contribution in [2.24, 2.45) is 17.8 Å². The number of benzene rings is 2. The second kappa shape index (κ2) is 12.2. The number of methoxy groups -OCH3 is 6. The number of esters is 2. The molecule has 3 aliphatic rings. The molecule has 238 valence electrons. The fraction of sp³-hybridized carbons (Fsp3) is 0.515. The maximum atomic E-state index is 13.5. The SMILES string of the molecule is COC(=O)[C@H]1[C@H]2C[C@@H]3c4[nH]c5cc(OC)ccc5c4CCN3C[C@H]2C[C@@H](OC(=O)c2cc(OC)c(OC)c(OC)c2)[C@@H]1OC.[HH]. The van der Waals surface area contributed by atoms with E-state index in [4.69, 9.17) is 33.2 Å². The summed E-state index contributed by atoms with van der Waals surface area (Å²) in [6.45, 7) is 1.68. The van der Waals surface area contributed by atoms with Crippen molar-refractivity contribution in [3.63, 3.8) is 0 Å². The summed E-state index contributed by atoms with van der Waals surface area (Å²) < 4.78 is 39.1. The Hall–Kier alpha value is -3.96. The summed E-state index contributed by atoms with van der Waals surface area (Å²) >= 11 is 0. The standard InChI is InChI=1S/C33H40N2O9.H2/c1-38-19-7-8-20-21-9-10-35-16-18-13-27(44-32(36)17-11-25(39-2)30(41-4)26(12-17)40-3)31(42-5)28(33(37)43-6)22(18)15-24(35)29(21)34-23(20)14-19;/h7-8,11-12,14,18,22,24,27-28,31,34H,9-10,13,15-16H2,1-6H3;1H/t18-,22+,24-,27-,28+,31+;/m1./s1. The minimum atomic E-state index is -0.670. The van der Waals surface area contributed by atoms with Crippen molar-refractivity contribution in [2.45, 2.75) is 37.5 Å². The monoisotopic (exact) mass is 610 g/mol. The number of rotatable bonds is 8. The zero-order chi connectivity index (χ0) is 31.1. The summed E-state index contributed by atoms with van der Waals surface area (Å²) in [5, 5.41) is 1.21. The van der Waals surface area contributed by atoms with Gasteiger partial charge in [0.1, 0.15) is 18.0 Å². The van der Waals surface area contributed by atoms with Crippen LogP contribution < -0.4 is 18.9 Å². The summed E-state index contributed by atoms with van der Waals surface area (Å²) in [7, 11) is 9.10. The van der Waals surface area contributed by atoms with Gasteiger partial charge in [0.05, 0.1) is 53.1 Å². The molecule has 1 saturated carbocycles. The van der Waals surface area contributed by atoms with E-state index in [0.29, 0.717) is 23.7 Å². The second-order valence-electron chi connectivity index (χ2n) is 11.7. The topological polar surface area (TPSA) is 118 Å². The number of hydrogen-bond acceptors (Lipinski definition) is 10. The average Bonchev–Trinajstić information content (AvgIpc) is 3.43. The van der Waals surface area contributed by atoms with Gasteiger partial charge in [-0.15, -0.1) is 0 Å². The van der Waals surface area contributed by atoms with Crippen LogP contribution in [0.25, 0.3) is 10.9 Å². The maximum Gasteiger partial charge on any atom is 0.338 e. The highest BCUT2D eigenvalue weighted by atomic mass is 16.6. The zero-order valence-corrected chi connectivity index (χ0v) is 26.0. The summed E-state index contributed by atoms with van der Waals surface area (Å²) in [5.74, 6) is 0.441. The lowest BCUT2D eigenvalue weighted by molar-refractivity contribution is -0.176. The van der Waals surface area contributed by atoms with E-state index in [9.17, 15) is 9.59 Å². The van der Waals surface area contributed by atoms with E-state index in [1.165, 1.54) is 45.1 Å². The molecule has 11 nitrogen and oxygen atoms in total. The molecule has 2 aliphatic heterocycles. The van der Waals surface area contributed by atoms with Gasteiger partial charge < -0.3 is 38.1 Å². The van der Waals surface area contributed by atoms with E-state index in [0.717, 1.165) is 37.2 Å². The fourth-order valence-electron chi connectivity index (χ4n) is 7.76. The molecule has 2 fully saturated rings. The lowest BCUT2D eigenvalue weighted by atomic mass is 9.63. The van der Waals surface area contributed by atoms with Crippen molar-refractivity contribution < 1.29 is 44.2 Å². The molecule has 3 heterocycles. The largest absolute Gasteiger partial charge is 0.497 e. The first kappa shape index (κ1) is 30.1. The van der Waals surface area contributed by atoms with Gasteiger partial charge in [-0.2, -0.15) is 0 Å². The smallest absolute Gasteiger partial charge is 0.338 e. The third kappa shape index (κ3) is 5.01. The fourth-order valence-corrected chi connectivity index (χ4v) is 7.76. The predicted molar refractivity (Wildman–Crippen MR) is 163 cm³/mol. The molecule has 2 aromatic carbocycles. The van der Waals surface area contributed by atoms with Gasteiger partial charge in [0.25, 0.3) is 0 Å². The van der Waals surface area contributed by atoms with Gasteiger partial charge in [-0.1, -0.05) is 0 Å². The molecule has 0 radical (unpaired) electrons. The molecule has 0 spiro atoms. The predicted octanol–water partition coefficient (Wildman–Crippen LogP) is 4.42. The first-order chi connectivity index (χ1) is 21.3. The molecule has 1 aromatic heterocycles. The van der Waals surface area contributed by atoms with Gasteiger partial charge in [0.15, 0.2) is 11.5 Å². The molecule has 1 N–H and O–H groups in total. The van der Waals surface area contributed by atoms with Crippen molar-refractivity contribution >= 4 is 22.8 Å². The van der Waals surface area contributed by atoms with Crippen LogP contribution in [0.1, 0.15) is 41.9 Å². The lowest BCUT2D eigenvalue weighted by Crippen LogP contribution is -2.58. The Balaban J connectivity index is 0.00000400. The molecule has 44 heavy (non-hydrogen) atoms. The number of aromatic nitrogens is 1. The van der Waals surface area contributed by atoms with E-state index in [1.807, 2.05) is 12.1 Å². The third-order valence-corrected chi connectivity index (χ3v) is 9.76. The number of hydrogen-bond donors (Lipinski definition) is 1. The number of carbonyl (C=O) groups is 2. The molecule has 0 amide bonds. The van der Waals surface area contributed by atoms with Crippen LogP contribution in [0, 0.1) is 17.8 Å². The normalized spacial score (nSPS) is 26.1. The summed E-state index contributed by atoms with van der Waals surface area (Å²) in [5.41, 5.74) is 3.83. The molecular weight excluding hydrogens is 568 g/mol. The summed E-state index contributed by atoms with van der Waals surface area (Å²) in [4.78, 5) is 33.1. The number of nitrogens with zero attached hydrogens (tertiary/aromatic N) is 1. The van der Waals surface area contributed by atoms with Crippen molar-refractivity contribution in [1.29, 1.82) is 0 Å². The van der Waals surface area contributed by atoms with Crippen LogP contribution in [0.3, 0.4) is 0 Å². The second-order valence-corrected chi connectivity index (χ2v) is 11.7. The summed E-state index contributed by atoms with van der Waals surface area (Å²) in [6.07, 6.45) is 0.920. The molecule has 11 heteroatoms. The van der Waals surface area contributed by atoms with Gasteiger partial charge in [-0.3, -0.25) is 9.69 Å². The Labute approximate surface area is 258 Å². The van der Waals surface area contributed by atoms with Gasteiger partial charge in [-0.05, 0) is 60.9 Å². The van der Waals surface area contributed by atoms with Crippen LogP contribution in [-0.4, -0.2) is 89.8 Å². The van der Waals surface area contributed by atoms with Crippen LogP contribution in [0.4, 0.5) is 0 Å². The van der Waals surface area contributed by atoms with E-state index in [-0.39, 0.29) is 30.8 Å². The number of piperidine rings is 1. The van der Waals surface area contributed by atoms with Gasteiger partial charge in [0, 0.05) is 44.3 Å². The molecular formula is C33H42N2O9. The van der Waals surface area contributed by atoms with Crippen molar-refractivity contribution in [3.8, 4) is 23.0 Å². The van der Waals surface area contributed by atoms with Crippen LogP contribution >= 0.6 is 0 Å². The van der Waals surface area contributed by atoms with Crippen LogP contribution in [0.2, 0.25) is 0 Å². The average molecular weight is 611 g/mol. The van der Waals surface area contributed by atoms with E-state index >= 15 is 0 Å². The Morgan fingerprint density at radius 3 is 2.32 bits per heavy atom. The lowest BCUT2D eigenvalue weighted by Gasteiger charge is -2.52. The highest BCUT2D eigenvalue weighted by Crippen LogP contribution is 2.51. The quantitative estimate of drug-likeness (QED) is 0.368. The number of ether oxygens (including phenoxy) is 7. The highest BCUT2D eigenvalue weighted by Gasteiger charge is 2.54. The van der Waals surface area contributed by atoms with Crippen molar-refractivity contribution in [2.75, 3.05) is 55.7 Å². The molecule has 0 unspecified atom stereocenters. The molecule has 6 rings (SSSR count). The van der Waals surface area contributed by atoms with Crippen LogP contribution in [-0.2, 0) is 25.4 Å². The molecule has 3 aromatic rings. The van der Waals surface area contributed by atoms with Crippen LogP contribution in [0.15, 0.2) is 30.3 Å². The van der Waals surface area contributed by atoms with Gasteiger partial charge in [0.2, 0.25) is 5.75 Å². The Morgan fingerprint density at radius 1 is 0.932 bits per heavy atom. The third-order valence-electron chi connectivity index (χ3n) is 9.76. The highest BCUT2D eigenvalue weighted by molar-refractivity contribution is 5.91. The van der Waals surface area contributed by atoms with E-state index in [2.05, 4.69) is 16.0 Å². The Morgan fingerprint density at radius 2 is 1.68 bits per heavy atom. The van der Waals surface area contributed by atoms with E-state index in [1.54, 1.807) is 26.4 Å². The molecule has 0 bridgehead atoms. The molecule has 1 aliphatic carbocycles. The number of aromatic amines is 1. The maximum absolute atomic E-state index is 13.5. The zero-order valence-electron chi connectivity index (χ0n) is 26.0. The molecule has 1 saturated heterocycles. The van der Waals surface area contributed by atoms with Crippen molar-refractivity contribution in [3.05, 3.63) is 47.2 Å². The van der Waals surface area contributed by atoms with Crippen molar-refractivity contribution in [1.82, 2.24) is 9.88 Å². The van der Waals surface area contributed by atoms with Gasteiger partial charge in [-0.25, -0.2) is 4.79 Å². The minimum absolute atomic E-state index is 0. The summed E-state index contributed by atoms with van der Waals surface area (Å²) in [6, 6.07) is 9.40. The number of nitrogens with one attached hydrogen (secondary N) is 1. The number of fused-ring (bicyclic) bond motifs is 6. The first-order valence-electron chi connectivity index (χ1n) is 14.9. The molecule has 6 atom stereocenters. The number of carbonyl (C=O) groups excluding carboxylic acids is 2. The first-order valence-corrected chi connectivity index (χ1v) is 14.9. The van der Waals surface area contributed by atoms with E-state index < -0.39 is 24.1 Å².